The molecule has 5 nitrogen and oxygen atoms in total. The SMILES string of the molecule is CC(NC(=O)N(CCO)Cc1ccccc1)Oc1ccc(Cl)cc1. The van der Waals surface area contributed by atoms with Crippen molar-refractivity contribution in [2.45, 2.75) is 19.7 Å². The number of rotatable bonds is 7. The van der Waals surface area contributed by atoms with E-state index in [1.54, 1.807) is 31.2 Å². The van der Waals surface area contributed by atoms with Crippen LogP contribution in [-0.2, 0) is 6.54 Å². The molecule has 2 aromatic rings. The van der Waals surface area contributed by atoms with Gasteiger partial charge in [0, 0.05) is 18.1 Å². The molecule has 0 fully saturated rings. The zero-order valence-corrected chi connectivity index (χ0v) is 14.2. The third kappa shape index (κ3) is 5.76. The van der Waals surface area contributed by atoms with Gasteiger partial charge in [-0.25, -0.2) is 4.79 Å². The number of hydrogen-bond donors (Lipinski definition) is 2. The average Bonchev–Trinajstić information content (AvgIpc) is 2.57. The van der Waals surface area contributed by atoms with Crippen LogP contribution in [0.2, 0.25) is 5.02 Å². The highest BCUT2D eigenvalue weighted by atomic mass is 35.5. The summed E-state index contributed by atoms with van der Waals surface area (Å²) in [6.45, 7) is 2.30. The number of hydrogen-bond acceptors (Lipinski definition) is 3. The predicted molar refractivity (Wildman–Crippen MR) is 94.0 cm³/mol. The summed E-state index contributed by atoms with van der Waals surface area (Å²) in [5.74, 6) is 0.615. The Kier molecular flexibility index (Phi) is 6.90. The summed E-state index contributed by atoms with van der Waals surface area (Å²) >= 11 is 5.83. The first kappa shape index (κ1) is 18.1. The van der Waals surface area contributed by atoms with E-state index in [-0.39, 0.29) is 19.2 Å². The molecule has 0 radical (unpaired) electrons. The molecule has 1 unspecified atom stereocenters. The smallest absolute Gasteiger partial charge is 0.320 e. The maximum atomic E-state index is 12.4. The molecule has 0 aliphatic carbocycles. The van der Waals surface area contributed by atoms with Crippen molar-refractivity contribution in [3.05, 3.63) is 65.2 Å². The Balaban J connectivity index is 1.92. The van der Waals surface area contributed by atoms with Crippen LogP contribution in [0.15, 0.2) is 54.6 Å². The van der Waals surface area contributed by atoms with Crippen LogP contribution in [0.5, 0.6) is 5.75 Å². The highest BCUT2D eigenvalue weighted by molar-refractivity contribution is 6.30. The highest BCUT2D eigenvalue weighted by Crippen LogP contribution is 2.16. The van der Waals surface area contributed by atoms with E-state index in [1.807, 2.05) is 30.3 Å². The molecule has 0 spiro atoms. The number of halogens is 1. The van der Waals surface area contributed by atoms with Gasteiger partial charge in [0.1, 0.15) is 5.75 Å². The Morgan fingerprint density at radius 2 is 1.88 bits per heavy atom. The average molecular weight is 349 g/mol. The third-order valence-corrected chi connectivity index (χ3v) is 3.58. The van der Waals surface area contributed by atoms with Crippen molar-refractivity contribution < 1.29 is 14.6 Å². The van der Waals surface area contributed by atoms with Crippen molar-refractivity contribution in [2.75, 3.05) is 13.2 Å². The quantitative estimate of drug-likeness (QED) is 0.755. The fourth-order valence-electron chi connectivity index (χ4n) is 2.19. The van der Waals surface area contributed by atoms with Gasteiger partial charge in [0.25, 0.3) is 0 Å². The molecule has 24 heavy (non-hydrogen) atoms. The number of aliphatic hydroxyl groups excluding tert-OH is 1. The number of aliphatic hydroxyl groups is 1. The normalized spacial score (nSPS) is 11.6. The van der Waals surface area contributed by atoms with Gasteiger partial charge in [-0.1, -0.05) is 41.9 Å². The van der Waals surface area contributed by atoms with Gasteiger partial charge in [0.15, 0.2) is 6.23 Å². The molecular weight excluding hydrogens is 328 g/mol. The fourth-order valence-corrected chi connectivity index (χ4v) is 2.31. The molecule has 6 heteroatoms. The lowest BCUT2D eigenvalue weighted by molar-refractivity contribution is 0.141. The first-order chi connectivity index (χ1) is 11.6. The molecule has 0 bridgehead atoms. The Morgan fingerprint density at radius 1 is 1.21 bits per heavy atom. The van der Waals surface area contributed by atoms with Gasteiger partial charge in [0.05, 0.1) is 6.61 Å². The minimum atomic E-state index is -0.518. The maximum absolute atomic E-state index is 12.4. The van der Waals surface area contributed by atoms with Crippen LogP contribution in [-0.4, -0.2) is 35.4 Å². The van der Waals surface area contributed by atoms with Crippen molar-refractivity contribution in [2.24, 2.45) is 0 Å². The van der Waals surface area contributed by atoms with Gasteiger partial charge in [-0.3, -0.25) is 0 Å². The van der Waals surface area contributed by atoms with Crippen molar-refractivity contribution in [1.82, 2.24) is 10.2 Å². The summed E-state index contributed by atoms with van der Waals surface area (Å²) in [7, 11) is 0. The van der Waals surface area contributed by atoms with Crippen LogP contribution in [0.3, 0.4) is 0 Å². The largest absolute Gasteiger partial charge is 0.471 e. The van der Waals surface area contributed by atoms with E-state index in [0.717, 1.165) is 5.56 Å². The fraction of sp³-hybridized carbons (Fsp3) is 0.278. The summed E-state index contributed by atoms with van der Waals surface area (Å²) in [4.78, 5) is 13.9. The molecule has 0 saturated carbocycles. The van der Waals surface area contributed by atoms with Crippen molar-refractivity contribution in [3.63, 3.8) is 0 Å². The first-order valence-electron chi connectivity index (χ1n) is 7.71. The summed E-state index contributed by atoms with van der Waals surface area (Å²) in [6.07, 6.45) is -0.518. The highest BCUT2D eigenvalue weighted by Gasteiger charge is 2.16. The topological polar surface area (TPSA) is 61.8 Å². The van der Waals surface area contributed by atoms with Crippen LogP contribution in [0, 0.1) is 0 Å². The second-order valence-electron chi connectivity index (χ2n) is 5.29. The molecule has 128 valence electrons. The minimum Gasteiger partial charge on any atom is -0.471 e. The lowest BCUT2D eigenvalue weighted by Crippen LogP contribution is -2.46. The first-order valence-corrected chi connectivity index (χ1v) is 8.08. The summed E-state index contributed by atoms with van der Waals surface area (Å²) in [6, 6.07) is 16.2. The lowest BCUT2D eigenvalue weighted by atomic mass is 10.2. The second kappa shape index (κ2) is 9.15. The molecule has 0 aliphatic heterocycles. The monoisotopic (exact) mass is 348 g/mol. The number of urea groups is 1. The van der Waals surface area contributed by atoms with Crippen molar-refractivity contribution in [3.8, 4) is 5.75 Å². The zero-order valence-electron chi connectivity index (χ0n) is 13.5. The van der Waals surface area contributed by atoms with Crippen molar-refractivity contribution in [1.29, 1.82) is 0 Å². The van der Waals surface area contributed by atoms with E-state index in [1.165, 1.54) is 4.90 Å². The molecule has 2 aromatic carbocycles. The van der Waals surface area contributed by atoms with Gasteiger partial charge in [-0.05, 0) is 36.8 Å². The van der Waals surface area contributed by atoms with Crippen LogP contribution < -0.4 is 10.1 Å². The van der Waals surface area contributed by atoms with E-state index in [4.69, 9.17) is 16.3 Å². The standard InChI is InChI=1S/C18H21ClN2O3/c1-14(24-17-9-7-16(19)8-10-17)20-18(23)21(11-12-22)13-15-5-3-2-4-6-15/h2-10,14,22H,11-13H2,1H3,(H,20,23). The molecule has 2 amide bonds. The van der Waals surface area contributed by atoms with Gasteiger partial charge in [-0.15, -0.1) is 0 Å². The molecular formula is C18H21ClN2O3. The van der Waals surface area contributed by atoms with E-state index in [0.29, 0.717) is 17.3 Å². The Bertz CT molecular complexity index is 634. The Hall–Kier alpha value is -2.24. The van der Waals surface area contributed by atoms with Crippen LogP contribution in [0.4, 0.5) is 4.79 Å². The Morgan fingerprint density at radius 3 is 2.50 bits per heavy atom. The summed E-state index contributed by atoms with van der Waals surface area (Å²) in [5.41, 5.74) is 0.993. The molecule has 2 rings (SSSR count). The van der Waals surface area contributed by atoms with Crippen LogP contribution in [0.1, 0.15) is 12.5 Å². The lowest BCUT2D eigenvalue weighted by Gasteiger charge is -2.25. The number of carbonyl (C=O) groups excluding carboxylic acids is 1. The van der Waals surface area contributed by atoms with E-state index < -0.39 is 6.23 Å². The predicted octanol–water partition coefficient (Wildman–Crippen LogP) is 3.27. The third-order valence-electron chi connectivity index (χ3n) is 3.33. The molecule has 0 aliphatic rings. The van der Waals surface area contributed by atoms with E-state index in [2.05, 4.69) is 5.32 Å². The van der Waals surface area contributed by atoms with Crippen LogP contribution in [0.25, 0.3) is 0 Å². The number of amides is 2. The molecule has 1 atom stereocenters. The molecule has 0 aromatic heterocycles. The van der Waals surface area contributed by atoms with E-state index >= 15 is 0 Å². The second-order valence-corrected chi connectivity index (χ2v) is 5.73. The van der Waals surface area contributed by atoms with Crippen molar-refractivity contribution >= 4 is 17.6 Å². The Labute approximate surface area is 146 Å². The number of nitrogens with zero attached hydrogens (tertiary/aromatic N) is 1. The maximum Gasteiger partial charge on any atom is 0.320 e. The summed E-state index contributed by atoms with van der Waals surface area (Å²) in [5, 5.41) is 12.6. The van der Waals surface area contributed by atoms with Gasteiger partial charge in [0.2, 0.25) is 0 Å². The number of benzene rings is 2. The van der Waals surface area contributed by atoms with Gasteiger partial charge < -0.3 is 20.1 Å². The molecule has 0 saturated heterocycles. The van der Waals surface area contributed by atoms with E-state index in [9.17, 15) is 9.90 Å². The van der Waals surface area contributed by atoms with Gasteiger partial charge >= 0.3 is 6.03 Å². The molecule has 2 N–H and O–H groups in total. The van der Waals surface area contributed by atoms with Crippen LogP contribution >= 0.6 is 11.6 Å². The number of nitrogens with one attached hydrogen (secondary N) is 1. The summed E-state index contributed by atoms with van der Waals surface area (Å²) < 4.78 is 5.64. The zero-order chi connectivity index (χ0) is 17.4. The van der Waals surface area contributed by atoms with Gasteiger partial charge in [-0.2, -0.15) is 0 Å². The molecule has 0 heterocycles. The minimum absolute atomic E-state index is 0.104. The number of ether oxygens (including phenoxy) is 1. The number of carbonyl (C=O) groups is 1.